The molecule has 0 bridgehead atoms. The van der Waals surface area contributed by atoms with Crippen LogP contribution in [0, 0.1) is 0 Å². The summed E-state index contributed by atoms with van der Waals surface area (Å²) in [5.74, 6) is -0.595. The number of aliphatic hydroxyl groups is 4. The normalized spacial score (nSPS) is 14.3. The number of unbranched alkanes of at least 4 members (excludes halogenated alkanes) is 29. The lowest BCUT2D eigenvalue weighted by atomic mass is 10.00. The van der Waals surface area contributed by atoms with Gasteiger partial charge in [-0.15, -0.1) is 0 Å². The molecule has 4 atom stereocenters. The lowest BCUT2D eigenvalue weighted by molar-refractivity contribution is -0.132. The van der Waals surface area contributed by atoms with Gasteiger partial charge in [0.05, 0.1) is 18.8 Å². The fourth-order valence-corrected chi connectivity index (χ4v) is 7.19. The number of carbonyl (C=O) groups excluding carboxylic acids is 1. The third-order valence-electron chi connectivity index (χ3n) is 10.9. The summed E-state index contributed by atoms with van der Waals surface area (Å²) in [6, 6.07) is -1.00. The fourth-order valence-electron chi connectivity index (χ4n) is 7.19. The minimum absolute atomic E-state index is 0.364. The number of amides is 1. The van der Waals surface area contributed by atoms with Gasteiger partial charge in [-0.3, -0.25) is 4.79 Å². The van der Waals surface area contributed by atoms with Gasteiger partial charge in [0.1, 0.15) is 12.2 Å². The lowest BCUT2D eigenvalue weighted by Crippen LogP contribution is -2.53. The maximum absolute atomic E-state index is 12.5. The van der Waals surface area contributed by atoms with E-state index in [4.69, 9.17) is 0 Å². The van der Waals surface area contributed by atoms with Crippen molar-refractivity contribution < 1.29 is 25.2 Å². The average molecular weight is 750 g/mol. The van der Waals surface area contributed by atoms with E-state index >= 15 is 0 Å². The van der Waals surface area contributed by atoms with Gasteiger partial charge in [-0.2, -0.15) is 0 Å². The quantitative estimate of drug-likeness (QED) is 0.0315. The molecule has 6 nitrogen and oxygen atoms in total. The van der Waals surface area contributed by atoms with Gasteiger partial charge in [0.2, 0.25) is 5.91 Å². The van der Waals surface area contributed by atoms with Crippen molar-refractivity contribution in [3.05, 3.63) is 24.3 Å². The molecule has 0 saturated carbocycles. The van der Waals surface area contributed by atoms with Crippen LogP contribution in [-0.2, 0) is 4.79 Å². The molecule has 0 heterocycles. The van der Waals surface area contributed by atoms with Crippen molar-refractivity contribution in [2.24, 2.45) is 0 Å². The van der Waals surface area contributed by atoms with Gasteiger partial charge in [-0.05, 0) is 51.4 Å². The summed E-state index contributed by atoms with van der Waals surface area (Å²) in [7, 11) is 0. The molecule has 0 radical (unpaired) electrons. The van der Waals surface area contributed by atoms with E-state index in [9.17, 15) is 25.2 Å². The van der Waals surface area contributed by atoms with Gasteiger partial charge in [0.15, 0.2) is 0 Å². The first kappa shape index (κ1) is 51.8. The second kappa shape index (κ2) is 41.9. The Balaban J connectivity index is 3.65. The molecule has 1 amide bonds. The molecule has 0 fully saturated rings. The second-order valence-electron chi connectivity index (χ2n) is 16.1. The van der Waals surface area contributed by atoms with Crippen LogP contribution < -0.4 is 5.32 Å². The van der Waals surface area contributed by atoms with Crippen molar-refractivity contribution in [2.75, 3.05) is 6.61 Å². The molecule has 314 valence electrons. The Bertz CT molecular complexity index is 802. The van der Waals surface area contributed by atoms with Crippen molar-refractivity contribution in [1.82, 2.24) is 5.32 Å². The standard InChI is InChI=1S/C47H91NO5/c1-3-5-7-9-11-13-15-17-18-19-20-21-22-23-24-25-26-27-28-29-31-33-35-37-39-41-45(51)47(53)48-43(42-49)46(52)44(50)40-38-36-34-32-30-16-14-12-10-8-6-4-2/h12,14,32,34,43-46,49-52H,3-11,13,15-31,33,35-42H2,1-2H3,(H,48,53)/b14-12+,34-32+. The van der Waals surface area contributed by atoms with E-state index in [1.165, 1.54) is 161 Å². The second-order valence-corrected chi connectivity index (χ2v) is 16.1. The first-order chi connectivity index (χ1) is 26.0. The fraction of sp³-hybridized carbons (Fsp3) is 0.894. The smallest absolute Gasteiger partial charge is 0.249 e. The molecule has 4 unspecified atom stereocenters. The first-order valence-electron chi connectivity index (χ1n) is 23.2. The highest BCUT2D eigenvalue weighted by atomic mass is 16.3. The molecule has 0 aliphatic carbocycles. The van der Waals surface area contributed by atoms with Crippen LogP contribution in [0.5, 0.6) is 0 Å². The predicted molar refractivity (Wildman–Crippen MR) is 228 cm³/mol. The number of rotatable bonds is 42. The highest BCUT2D eigenvalue weighted by Gasteiger charge is 2.28. The monoisotopic (exact) mass is 750 g/mol. The third-order valence-corrected chi connectivity index (χ3v) is 10.9. The Kier molecular flexibility index (Phi) is 41.0. The molecule has 0 aromatic heterocycles. The number of aliphatic hydroxyl groups excluding tert-OH is 4. The van der Waals surface area contributed by atoms with Gasteiger partial charge >= 0.3 is 0 Å². The molecule has 0 aliphatic rings. The Hall–Kier alpha value is -1.21. The summed E-state index contributed by atoms with van der Waals surface area (Å²) in [6.07, 6.45) is 48.0. The summed E-state index contributed by atoms with van der Waals surface area (Å²) in [5.41, 5.74) is 0. The Morgan fingerprint density at radius 1 is 0.453 bits per heavy atom. The zero-order valence-electron chi connectivity index (χ0n) is 35.3. The average Bonchev–Trinajstić information content (AvgIpc) is 3.16. The van der Waals surface area contributed by atoms with Crippen molar-refractivity contribution in [2.45, 2.75) is 263 Å². The number of hydrogen-bond acceptors (Lipinski definition) is 5. The zero-order chi connectivity index (χ0) is 38.9. The lowest BCUT2D eigenvalue weighted by Gasteiger charge is -2.27. The van der Waals surface area contributed by atoms with Crippen LogP contribution >= 0.6 is 0 Å². The molecular formula is C47H91NO5. The van der Waals surface area contributed by atoms with Gasteiger partial charge in [-0.25, -0.2) is 0 Å². The van der Waals surface area contributed by atoms with Crippen molar-refractivity contribution in [3.8, 4) is 0 Å². The number of nitrogens with one attached hydrogen (secondary N) is 1. The van der Waals surface area contributed by atoms with Crippen LogP contribution in [0.2, 0.25) is 0 Å². The zero-order valence-corrected chi connectivity index (χ0v) is 35.3. The molecule has 0 aromatic rings. The van der Waals surface area contributed by atoms with Gasteiger partial charge < -0.3 is 25.7 Å². The maximum Gasteiger partial charge on any atom is 0.249 e. The van der Waals surface area contributed by atoms with Gasteiger partial charge in [0.25, 0.3) is 0 Å². The van der Waals surface area contributed by atoms with Crippen LogP contribution in [0.1, 0.15) is 239 Å². The Labute approximate surface area is 329 Å². The van der Waals surface area contributed by atoms with E-state index in [1.54, 1.807) is 0 Å². The predicted octanol–water partition coefficient (Wildman–Crippen LogP) is 12.4. The van der Waals surface area contributed by atoms with Crippen molar-refractivity contribution in [1.29, 1.82) is 0 Å². The summed E-state index contributed by atoms with van der Waals surface area (Å²) in [4.78, 5) is 12.5. The van der Waals surface area contributed by atoms with Crippen LogP contribution in [0.3, 0.4) is 0 Å². The molecule has 0 spiro atoms. The first-order valence-corrected chi connectivity index (χ1v) is 23.2. The third kappa shape index (κ3) is 36.2. The van der Waals surface area contributed by atoms with E-state index in [1.807, 2.05) is 0 Å². The van der Waals surface area contributed by atoms with Crippen LogP contribution in [0.4, 0.5) is 0 Å². The van der Waals surface area contributed by atoms with E-state index in [0.29, 0.717) is 19.3 Å². The highest BCUT2D eigenvalue weighted by Crippen LogP contribution is 2.17. The van der Waals surface area contributed by atoms with E-state index in [2.05, 4.69) is 43.5 Å². The summed E-state index contributed by atoms with van der Waals surface area (Å²) in [5, 5.41) is 43.6. The van der Waals surface area contributed by atoms with Gasteiger partial charge in [0, 0.05) is 0 Å². The van der Waals surface area contributed by atoms with Crippen LogP contribution in [0.25, 0.3) is 0 Å². The summed E-state index contributed by atoms with van der Waals surface area (Å²) < 4.78 is 0. The molecule has 0 aromatic carbocycles. The largest absolute Gasteiger partial charge is 0.394 e. The van der Waals surface area contributed by atoms with Crippen molar-refractivity contribution >= 4 is 5.91 Å². The Morgan fingerprint density at radius 2 is 0.792 bits per heavy atom. The molecule has 6 heteroatoms. The minimum Gasteiger partial charge on any atom is -0.394 e. The molecule has 0 rings (SSSR count). The topological polar surface area (TPSA) is 110 Å². The van der Waals surface area contributed by atoms with E-state index in [0.717, 1.165) is 44.9 Å². The molecule has 53 heavy (non-hydrogen) atoms. The number of carbonyl (C=O) groups is 1. The molecular weight excluding hydrogens is 659 g/mol. The van der Waals surface area contributed by atoms with Crippen molar-refractivity contribution in [3.63, 3.8) is 0 Å². The Morgan fingerprint density at radius 3 is 1.19 bits per heavy atom. The number of hydrogen-bond donors (Lipinski definition) is 5. The highest BCUT2D eigenvalue weighted by molar-refractivity contribution is 5.80. The summed E-state index contributed by atoms with van der Waals surface area (Å²) >= 11 is 0. The van der Waals surface area contributed by atoms with Gasteiger partial charge in [-0.1, -0.05) is 212 Å². The van der Waals surface area contributed by atoms with Crippen LogP contribution in [0.15, 0.2) is 24.3 Å². The number of allylic oxidation sites excluding steroid dienone is 4. The SMILES string of the molecule is CCCCC/C=C/CC/C=C/CCCC(O)C(O)C(CO)NC(=O)C(O)CCCCCCCCCCCCCCCCCCCCCCCCCCC. The summed E-state index contributed by atoms with van der Waals surface area (Å²) in [6.45, 7) is 4.01. The minimum atomic E-state index is -1.29. The maximum atomic E-state index is 12.5. The molecule has 0 aliphatic heterocycles. The molecule has 0 saturated heterocycles. The van der Waals surface area contributed by atoms with Crippen LogP contribution in [-0.4, -0.2) is 57.3 Å². The molecule has 5 N–H and O–H groups in total. The van der Waals surface area contributed by atoms with E-state index in [-0.39, 0.29) is 0 Å². The van der Waals surface area contributed by atoms with E-state index < -0.39 is 36.9 Å².